The summed E-state index contributed by atoms with van der Waals surface area (Å²) in [6, 6.07) is 13.5. The van der Waals surface area contributed by atoms with Gasteiger partial charge in [-0.1, -0.05) is 24.3 Å². The lowest BCUT2D eigenvalue weighted by Crippen LogP contribution is -2.39. The molecule has 0 bridgehead atoms. The minimum atomic E-state index is -3.15. The number of aryl methyl sites for hydroxylation is 1. The number of fused-ring (bicyclic) bond motifs is 1. The number of rotatable bonds is 7. The number of guanidine groups is 1. The van der Waals surface area contributed by atoms with E-state index in [9.17, 15) is 8.42 Å². The monoisotopic (exact) mass is 412 g/mol. The SMILES string of the molecule is CN=C(NCCc1ccc(S(C)(=O)=O)cc1)NCCc1c[nH]c2cc(C)ccc12. The van der Waals surface area contributed by atoms with E-state index in [-0.39, 0.29) is 0 Å². The van der Waals surface area contributed by atoms with Gasteiger partial charge in [0.1, 0.15) is 0 Å². The van der Waals surface area contributed by atoms with Crippen molar-refractivity contribution in [3.8, 4) is 0 Å². The molecule has 154 valence electrons. The van der Waals surface area contributed by atoms with Gasteiger partial charge in [0.05, 0.1) is 4.90 Å². The lowest BCUT2D eigenvalue weighted by Gasteiger charge is -2.12. The van der Waals surface area contributed by atoms with Gasteiger partial charge in [-0.3, -0.25) is 4.99 Å². The van der Waals surface area contributed by atoms with Gasteiger partial charge >= 0.3 is 0 Å². The predicted molar refractivity (Wildman–Crippen MR) is 119 cm³/mol. The van der Waals surface area contributed by atoms with Gasteiger partial charge < -0.3 is 15.6 Å². The van der Waals surface area contributed by atoms with Gasteiger partial charge in [0.15, 0.2) is 15.8 Å². The maximum atomic E-state index is 11.5. The molecule has 7 heteroatoms. The highest BCUT2D eigenvalue weighted by Crippen LogP contribution is 2.19. The van der Waals surface area contributed by atoms with E-state index in [1.807, 2.05) is 12.1 Å². The maximum Gasteiger partial charge on any atom is 0.190 e. The van der Waals surface area contributed by atoms with Gasteiger partial charge in [0.2, 0.25) is 0 Å². The fourth-order valence-corrected chi connectivity index (χ4v) is 3.90. The Hall–Kier alpha value is -2.80. The van der Waals surface area contributed by atoms with Crippen molar-refractivity contribution in [3.63, 3.8) is 0 Å². The topological polar surface area (TPSA) is 86.3 Å². The zero-order chi connectivity index (χ0) is 20.9. The first kappa shape index (κ1) is 20.9. The van der Waals surface area contributed by atoms with Gasteiger partial charge in [-0.2, -0.15) is 0 Å². The van der Waals surface area contributed by atoms with Crippen molar-refractivity contribution in [3.05, 3.63) is 65.4 Å². The molecule has 0 saturated carbocycles. The zero-order valence-electron chi connectivity index (χ0n) is 17.1. The number of nitrogens with one attached hydrogen (secondary N) is 3. The molecule has 2 aromatic carbocycles. The third-order valence-corrected chi connectivity index (χ3v) is 6.02. The van der Waals surface area contributed by atoms with Crippen LogP contribution in [0.25, 0.3) is 10.9 Å². The maximum absolute atomic E-state index is 11.5. The number of nitrogens with zero attached hydrogens (tertiary/aromatic N) is 1. The van der Waals surface area contributed by atoms with Crippen LogP contribution < -0.4 is 10.6 Å². The van der Waals surface area contributed by atoms with Crippen molar-refractivity contribution in [2.24, 2.45) is 4.99 Å². The van der Waals surface area contributed by atoms with E-state index in [0.29, 0.717) is 11.4 Å². The second kappa shape index (κ2) is 9.13. The molecular weight excluding hydrogens is 384 g/mol. The Morgan fingerprint density at radius 1 is 1.03 bits per heavy atom. The second-order valence-corrected chi connectivity index (χ2v) is 9.22. The molecule has 0 saturated heterocycles. The van der Waals surface area contributed by atoms with Crippen LogP contribution in [-0.4, -0.2) is 45.8 Å². The van der Waals surface area contributed by atoms with Gasteiger partial charge in [-0.05, 0) is 54.7 Å². The van der Waals surface area contributed by atoms with Crippen LogP contribution in [0.15, 0.2) is 58.5 Å². The van der Waals surface area contributed by atoms with Crippen LogP contribution in [0.2, 0.25) is 0 Å². The Labute approximate surface area is 172 Å². The fraction of sp³-hybridized carbons (Fsp3) is 0.318. The minimum absolute atomic E-state index is 0.346. The van der Waals surface area contributed by atoms with E-state index in [2.05, 4.69) is 51.9 Å². The summed E-state index contributed by atoms with van der Waals surface area (Å²) in [4.78, 5) is 7.95. The molecule has 0 unspecified atom stereocenters. The Balaban J connectivity index is 1.46. The highest BCUT2D eigenvalue weighted by atomic mass is 32.2. The molecule has 0 amide bonds. The van der Waals surface area contributed by atoms with Crippen LogP contribution in [0.1, 0.15) is 16.7 Å². The standard InChI is InChI=1S/C22H28N4O2S/c1-16-4-9-20-18(15-26-21(20)14-16)11-13-25-22(23-2)24-12-10-17-5-7-19(8-6-17)29(3,27)28/h4-9,14-15,26H,10-13H2,1-3H3,(H2,23,24,25). The molecule has 0 fully saturated rings. The van der Waals surface area contributed by atoms with Crippen molar-refractivity contribution in [1.29, 1.82) is 0 Å². The average Bonchev–Trinajstić information content (AvgIpc) is 3.08. The first-order valence-corrected chi connectivity index (χ1v) is 11.6. The lowest BCUT2D eigenvalue weighted by atomic mass is 10.1. The number of benzene rings is 2. The normalized spacial score (nSPS) is 12.3. The summed E-state index contributed by atoms with van der Waals surface area (Å²) in [7, 11) is -1.39. The summed E-state index contributed by atoms with van der Waals surface area (Å²) in [5, 5.41) is 7.91. The third-order valence-electron chi connectivity index (χ3n) is 4.89. The van der Waals surface area contributed by atoms with Crippen molar-refractivity contribution < 1.29 is 8.42 Å². The molecule has 0 atom stereocenters. The molecule has 6 nitrogen and oxygen atoms in total. The molecule has 0 radical (unpaired) electrons. The fourth-order valence-electron chi connectivity index (χ4n) is 3.27. The van der Waals surface area contributed by atoms with E-state index >= 15 is 0 Å². The van der Waals surface area contributed by atoms with Crippen molar-refractivity contribution >= 4 is 26.7 Å². The molecule has 3 N–H and O–H groups in total. The van der Waals surface area contributed by atoms with Crippen molar-refractivity contribution in [2.75, 3.05) is 26.4 Å². The largest absolute Gasteiger partial charge is 0.361 e. The van der Waals surface area contributed by atoms with Gasteiger partial charge in [0.25, 0.3) is 0 Å². The number of aliphatic imine (C=N–C) groups is 1. The molecule has 0 spiro atoms. The van der Waals surface area contributed by atoms with Gasteiger partial charge in [0, 0.05) is 43.5 Å². The third kappa shape index (κ3) is 5.60. The highest BCUT2D eigenvalue weighted by Gasteiger charge is 2.07. The van der Waals surface area contributed by atoms with E-state index in [1.165, 1.54) is 28.3 Å². The van der Waals surface area contributed by atoms with Crippen LogP contribution in [0, 0.1) is 6.92 Å². The first-order chi connectivity index (χ1) is 13.9. The summed E-state index contributed by atoms with van der Waals surface area (Å²) in [6.45, 7) is 3.59. The molecule has 0 aliphatic carbocycles. The number of hydrogen-bond donors (Lipinski definition) is 3. The molecular formula is C22H28N4O2S. The van der Waals surface area contributed by atoms with E-state index in [0.717, 1.165) is 30.9 Å². The van der Waals surface area contributed by atoms with Gasteiger partial charge in [-0.15, -0.1) is 0 Å². The summed E-state index contributed by atoms with van der Waals surface area (Å²) in [5.74, 6) is 0.758. The zero-order valence-corrected chi connectivity index (χ0v) is 17.9. The molecule has 1 heterocycles. The summed E-state index contributed by atoms with van der Waals surface area (Å²) < 4.78 is 23.0. The summed E-state index contributed by atoms with van der Waals surface area (Å²) >= 11 is 0. The van der Waals surface area contributed by atoms with Crippen molar-refractivity contribution in [2.45, 2.75) is 24.7 Å². The molecule has 0 aliphatic rings. The molecule has 3 rings (SSSR count). The van der Waals surface area contributed by atoms with Crippen LogP contribution in [0.4, 0.5) is 0 Å². The Morgan fingerprint density at radius 3 is 2.38 bits per heavy atom. The molecule has 1 aromatic heterocycles. The molecule has 0 aliphatic heterocycles. The number of sulfone groups is 1. The lowest BCUT2D eigenvalue weighted by molar-refractivity contribution is 0.602. The number of aromatic amines is 1. The van der Waals surface area contributed by atoms with E-state index in [1.54, 1.807) is 19.2 Å². The first-order valence-electron chi connectivity index (χ1n) is 9.67. The Morgan fingerprint density at radius 2 is 1.72 bits per heavy atom. The minimum Gasteiger partial charge on any atom is -0.361 e. The number of aromatic nitrogens is 1. The smallest absolute Gasteiger partial charge is 0.190 e. The van der Waals surface area contributed by atoms with Crippen LogP contribution >= 0.6 is 0 Å². The van der Waals surface area contributed by atoms with Crippen LogP contribution in [0.3, 0.4) is 0 Å². The Bertz CT molecular complexity index is 1100. The highest BCUT2D eigenvalue weighted by molar-refractivity contribution is 7.90. The van der Waals surface area contributed by atoms with E-state index in [4.69, 9.17) is 0 Å². The quantitative estimate of drug-likeness (QED) is 0.411. The van der Waals surface area contributed by atoms with Crippen LogP contribution in [0.5, 0.6) is 0 Å². The predicted octanol–water partition coefficient (Wildman–Crippen LogP) is 2.83. The number of H-pyrrole nitrogens is 1. The van der Waals surface area contributed by atoms with Gasteiger partial charge in [-0.25, -0.2) is 8.42 Å². The molecule has 3 aromatic rings. The summed E-state index contributed by atoms with van der Waals surface area (Å²) in [5.41, 5.74) is 4.78. The summed E-state index contributed by atoms with van der Waals surface area (Å²) in [6.07, 6.45) is 4.97. The number of hydrogen-bond acceptors (Lipinski definition) is 3. The van der Waals surface area contributed by atoms with Crippen molar-refractivity contribution in [1.82, 2.24) is 15.6 Å². The molecule has 29 heavy (non-hydrogen) atoms. The Kier molecular flexibility index (Phi) is 6.59. The van der Waals surface area contributed by atoms with E-state index < -0.39 is 9.84 Å². The van der Waals surface area contributed by atoms with Crippen LogP contribution in [-0.2, 0) is 22.7 Å². The second-order valence-electron chi connectivity index (χ2n) is 7.20. The average molecular weight is 413 g/mol.